The predicted octanol–water partition coefficient (Wildman–Crippen LogP) is 4.02. The van der Waals surface area contributed by atoms with Crippen LogP contribution < -0.4 is 15.6 Å². The van der Waals surface area contributed by atoms with Gasteiger partial charge in [-0.1, -0.05) is 18.2 Å². The highest BCUT2D eigenvalue weighted by atomic mass is 32.2. The lowest BCUT2D eigenvalue weighted by Crippen LogP contribution is -2.54. The van der Waals surface area contributed by atoms with E-state index in [0.717, 1.165) is 11.1 Å². The molecule has 1 saturated heterocycles. The number of aromatic amines is 1. The number of H-pyrrole nitrogens is 1. The second-order valence-corrected chi connectivity index (χ2v) is 14.2. The van der Waals surface area contributed by atoms with Crippen LogP contribution in [-0.4, -0.2) is 54.8 Å². The number of nitrogens with one attached hydrogen (secondary N) is 3. The molecule has 0 spiro atoms. The summed E-state index contributed by atoms with van der Waals surface area (Å²) < 4.78 is 29.6. The van der Waals surface area contributed by atoms with Crippen molar-refractivity contribution < 1.29 is 18.5 Å². The van der Waals surface area contributed by atoms with Crippen LogP contribution in [-0.2, 0) is 22.6 Å². The molecule has 2 amide bonds. The number of nitrogens with zero attached hydrogens (tertiary/aromatic N) is 2. The third kappa shape index (κ3) is 7.90. The average molecular weight is 610 g/mol. The van der Waals surface area contributed by atoms with E-state index in [1.54, 1.807) is 48.2 Å². The van der Waals surface area contributed by atoms with Crippen LogP contribution in [0.3, 0.4) is 0 Å². The number of likely N-dealkylation sites (tertiary alicyclic amines) is 1. The normalized spacial score (nSPS) is 18.4. The van der Waals surface area contributed by atoms with Crippen LogP contribution >= 0.6 is 0 Å². The lowest BCUT2D eigenvalue weighted by Gasteiger charge is -2.35. The van der Waals surface area contributed by atoms with Gasteiger partial charge in [-0.15, -0.1) is 4.72 Å². The van der Waals surface area contributed by atoms with Crippen molar-refractivity contribution in [1.29, 1.82) is 0 Å². The van der Waals surface area contributed by atoms with Crippen molar-refractivity contribution >= 4 is 23.2 Å². The molecule has 11 heteroatoms. The zero-order valence-corrected chi connectivity index (χ0v) is 26.3. The Hall–Kier alpha value is -3.54. The Balaban J connectivity index is 1.48. The second-order valence-electron chi connectivity index (χ2n) is 12.2. The summed E-state index contributed by atoms with van der Waals surface area (Å²) in [6, 6.07) is 12.2. The van der Waals surface area contributed by atoms with E-state index in [4.69, 9.17) is 0 Å². The molecule has 1 aromatic heterocycles. The molecule has 9 nitrogen and oxygen atoms in total. The van der Waals surface area contributed by atoms with Crippen LogP contribution in [0.5, 0.6) is 0 Å². The molecule has 2 heterocycles. The van der Waals surface area contributed by atoms with Gasteiger partial charge in [-0.3, -0.25) is 14.4 Å². The molecule has 1 aliphatic rings. The van der Waals surface area contributed by atoms with E-state index in [-0.39, 0.29) is 42.0 Å². The van der Waals surface area contributed by atoms with Gasteiger partial charge < -0.3 is 14.8 Å². The number of aryl methyl sites for hydroxylation is 2. The maximum atomic E-state index is 14.1. The number of carbonyl (C=O) groups is 2. The summed E-state index contributed by atoms with van der Waals surface area (Å²) in [5.74, 6) is -1.09. The van der Waals surface area contributed by atoms with Gasteiger partial charge in [0.05, 0.1) is 30.4 Å². The van der Waals surface area contributed by atoms with Crippen molar-refractivity contribution in [3.63, 3.8) is 0 Å². The fourth-order valence-electron chi connectivity index (χ4n) is 5.43. The molecule has 4 atom stereocenters. The topological polar surface area (TPSA) is 130 Å². The number of hydrogen-bond acceptors (Lipinski definition) is 6. The van der Waals surface area contributed by atoms with Crippen LogP contribution in [0.4, 0.5) is 4.39 Å². The van der Waals surface area contributed by atoms with Gasteiger partial charge >= 0.3 is 0 Å². The van der Waals surface area contributed by atoms with Gasteiger partial charge in [-0.05, 0) is 101 Å². The van der Waals surface area contributed by atoms with Gasteiger partial charge in [-0.25, -0.2) is 9.49 Å². The number of hydrogen-bond donors (Lipinski definition) is 3. The molecule has 4 rings (SSSR count). The fraction of sp³-hybridized carbons (Fsp3) is 0.438. The third-order valence-electron chi connectivity index (χ3n) is 7.77. The number of halogens is 1. The first-order valence-electron chi connectivity index (χ1n) is 14.4. The Kier molecular flexibility index (Phi) is 10.1. The van der Waals surface area contributed by atoms with Crippen LogP contribution in [0.2, 0.25) is 0 Å². The van der Waals surface area contributed by atoms with Crippen molar-refractivity contribution in [2.45, 2.75) is 83.7 Å². The Morgan fingerprint density at radius 3 is 2.56 bits per heavy atom. The quantitative estimate of drug-likeness (QED) is 0.314. The minimum atomic E-state index is -1.35. The van der Waals surface area contributed by atoms with Crippen molar-refractivity contribution in [2.24, 2.45) is 0 Å². The van der Waals surface area contributed by atoms with Gasteiger partial charge in [0.2, 0.25) is 5.91 Å². The van der Waals surface area contributed by atoms with Crippen molar-refractivity contribution in [1.82, 2.24) is 25.1 Å². The molecule has 0 aliphatic carbocycles. The minimum Gasteiger partial charge on any atom is -0.598 e. The third-order valence-corrected chi connectivity index (χ3v) is 9.47. The summed E-state index contributed by atoms with van der Waals surface area (Å²) in [5.41, 5.74) is 3.85. The average Bonchev–Trinajstić information content (AvgIpc) is 3.39. The largest absolute Gasteiger partial charge is 0.598 e. The standard InChI is InChI=1S/C32H40FN5O4S/c1-19-14-24(11-10-22(19)16-25-15-20(2)35-36-31(25)41)30(40)34-18-29(39)38-27(21(3)37-43(42)32(4,5)6)12-13-28(38)23-8-7-9-26(33)17-23/h7-11,14-15,17,21,27-28,37H,12-13,16,18H2,1-6H3,(H,34,40)(H,36,41)/t21-,27+,28-,43?/m0/s1. The minimum absolute atomic E-state index is 0.247. The summed E-state index contributed by atoms with van der Waals surface area (Å²) in [4.78, 5) is 40.7. The summed E-state index contributed by atoms with van der Waals surface area (Å²) in [5, 5.41) is 9.15. The number of amides is 2. The highest BCUT2D eigenvalue weighted by molar-refractivity contribution is 7.90. The van der Waals surface area contributed by atoms with Crippen LogP contribution in [0, 0.1) is 19.7 Å². The molecule has 0 radical (unpaired) electrons. The highest BCUT2D eigenvalue weighted by Gasteiger charge is 2.42. The van der Waals surface area contributed by atoms with Crippen LogP contribution in [0.25, 0.3) is 0 Å². The SMILES string of the molecule is Cc1cc(Cc2ccc(C(=O)NCC(=O)N3[C@@H]([C@H](C)N[S+]([O-])C(C)(C)C)CC[C@H]3c3cccc(F)c3)cc2C)c(=O)[nH]n1. The van der Waals surface area contributed by atoms with Crippen LogP contribution in [0.1, 0.15) is 84.9 Å². The zero-order chi connectivity index (χ0) is 31.5. The van der Waals surface area contributed by atoms with Gasteiger partial charge in [0, 0.05) is 28.9 Å². The Morgan fingerprint density at radius 2 is 1.88 bits per heavy atom. The molecular formula is C32H40FN5O4S. The smallest absolute Gasteiger partial charge is 0.267 e. The first-order valence-corrected chi connectivity index (χ1v) is 15.6. The molecule has 1 aliphatic heterocycles. The first-order chi connectivity index (χ1) is 20.2. The van der Waals surface area contributed by atoms with E-state index < -0.39 is 22.0 Å². The van der Waals surface area contributed by atoms with E-state index in [1.165, 1.54) is 12.1 Å². The van der Waals surface area contributed by atoms with E-state index in [1.807, 2.05) is 34.6 Å². The lowest BCUT2D eigenvalue weighted by molar-refractivity contribution is -0.133. The molecule has 3 aromatic rings. The van der Waals surface area contributed by atoms with E-state index >= 15 is 0 Å². The second kappa shape index (κ2) is 13.4. The van der Waals surface area contributed by atoms with Crippen molar-refractivity contribution in [2.75, 3.05) is 6.54 Å². The van der Waals surface area contributed by atoms with Crippen molar-refractivity contribution in [3.05, 3.63) is 98.2 Å². The maximum absolute atomic E-state index is 14.1. The summed E-state index contributed by atoms with van der Waals surface area (Å²) in [6.07, 6.45) is 1.65. The molecular weight excluding hydrogens is 569 g/mol. The summed E-state index contributed by atoms with van der Waals surface area (Å²) in [6.45, 7) is 10.9. The molecule has 0 bridgehead atoms. The zero-order valence-electron chi connectivity index (χ0n) is 25.5. The monoisotopic (exact) mass is 609 g/mol. The number of benzene rings is 2. The molecule has 2 aromatic carbocycles. The van der Waals surface area contributed by atoms with Crippen molar-refractivity contribution in [3.8, 4) is 0 Å². The predicted molar refractivity (Wildman–Crippen MR) is 165 cm³/mol. The molecule has 43 heavy (non-hydrogen) atoms. The van der Waals surface area contributed by atoms with Gasteiger partial charge in [-0.2, -0.15) is 5.10 Å². The Bertz CT molecular complexity index is 1540. The Labute approximate surface area is 255 Å². The number of rotatable bonds is 9. The van der Waals surface area contributed by atoms with E-state index in [9.17, 15) is 23.3 Å². The summed E-state index contributed by atoms with van der Waals surface area (Å²) >= 11 is -1.35. The molecule has 230 valence electrons. The molecule has 1 fully saturated rings. The van der Waals surface area contributed by atoms with E-state index in [2.05, 4.69) is 20.2 Å². The molecule has 3 N–H and O–H groups in total. The number of aromatic nitrogens is 2. The molecule has 0 saturated carbocycles. The highest BCUT2D eigenvalue weighted by Crippen LogP contribution is 2.38. The van der Waals surface area contributed by atoms with E-state index in [0.29, 0.717) is 41.6 Å². The summed E-state index contributed by atoms with van der Waals surface area (Å²) in [7, 11) is 0. The first kappa shape index (κ1) is 32.4. The van der Waals surface area contributed by atoms with Gasteiger partial charge in [0.25, 0.3) is 11.5 Å². The van der Waals surface area contributed by atoms with Crippen LogP contribution in [0.15, 0.2) is 53.3 Å². The van der Waals surface area contributed by atoms with Gasteiger partial charge in [0.1, 0.15) is 10.6 Å². The van der Waals surface area contributed by atoms with Gasteiger partial charge in [0.15, 0.2) is 0 Å². The Morgan fingerprint density at radius 1 is 1.14 bits per heavy atom. The lowest BCUT2D eigenvalue weighted by atomic mass is 9.99. The maximum Gasteiger partial charge on any atom is 0.267 e. The number of carbonyl (C=O) groups excluding carboxylic acids is 2. The molecule has 1 unspecified atom stereocenters. The fourth-order valence-corrected chi connectivity index (χ4v) is 6.28.